The lowest BCUT2D eigenvalue weighted by Crippen LogP contribution is -2.54. The maximum atomic E-state index is 12.9. The Bertz CT molecular complexity index is 916. The van der Waals surface area contributed by atoms with Gasteiger partial charge in [-0.2, -0.15) is 0 Å². The number of hydrogen-bond donors (Lipinski definition) is 1. The highest BCUT2D eigenvalue weighted by Crippen LogP contribution is 2.25. The van der Waals surface area contributed by atoms with E-state index in [1.54, 1.807) is 49.4 Å². The van der Waals surface area contributed by atoms with Crippen LogP contribution in [-0.2, 0) is 9.59 Å². The summed E-state index contributed by atoms with van der Waals surface area (Å²) in [5.41, 5.74) is 1.77. The summed E-state index contributed by atoms with van der Waals surface area (Å²) >= 11 is 0. The first kappa shape index (κ1) is 18.4. The molecule has 0 aromatic heterocycles. The van der Waals surface area contributed by atoms with E-state index >= 15 is 0 Å². The van der Waals surface area contributed by atoms with E-state index in [9.17, 15) is 14.4 Å². The molecule has 1 heterocycles. The number of hydrogen-bond acceptors (Lipinski definition) is 4. The molecule has 1 N–H and O–H groups in total. The van der Waals surface area contributed by atoms with E-state index in [0.29, 0.717) is 17.9 Å². The largest absolute Gasteiger partial charge is 0.494 e. The number of urea groups is 1. The highest BCUT2D eigenvalue weighted by atomic mass is 16.5. The number of carbonyl (C=O) groups excluding carboxylic acids is 3. The zero-order valence-corrected chi connectivity index (χ0v) is 15.2. The third kappa shape index (κ3) is 3.89. The van der Waals surface area contributed by atoms with E-state index in [1.807, 2.05) is 13.0 Å². The lowest BCUT2D eigenvalue weighted by atomic mass is 10.1. The van der Waals surface area contributed by atoms with Gasteiger partial charge in [-0.3, -0.25) is 14.9 Å². The highest BCUT2D eigenvalue weighted by molar-refractivity contribution is 6.39. The summed E-state index contributed by atoms with van der Waals surface area (Å²) in [6.45, 7) is 4.44. The predicted octanol–water partition coefficient (Wildman–Crippen LogP) is 3.45. The number of rotatable bonds is 5. The predicted molar refractivity (Wildman–Crippen MR) is 102 cm³/mol. The van der Waals surface area contributed by atoms with Crippen LogP contribution in [0.1, 0.15) is 24.5 Å². The first-order valence-electron chi connectivity index (χ1n) is 8.71. The zero-order chi connectivity index (χ0) is 19.4. The van der Waals surface area contributed by atoms with Crippen molar-refractivity contribution in [2.75, 3.05) is 11.5 Å². The molecule has 0 bridgehead atoms. The second kappa shape index (κ2) is 7.86. The Labute approximate surface area is 157 Å². The van der Waals surface area contributed by atoms with Gasteiger partial charge < -0.3 is 4.74 Å². The second-order valence-electron chi connectivity index (χ2n) is 6.16. The number of carbonyl (C=O) groups is 3. The molecule has 4 amide bonds. The van der Waals surface area contributed by atoms with Crippen molar-refractivity contribution in [1.82, 2.24) is 5.32 Å². The Morgan fingerprint density at radius 2 is 1.74 bits per heavy atom. The molecule has 0 saturated carbocycles. The highest BCUT2D eigenvalue weighted by Gasteiger charge is 2.37. The number of benzene rings is 2. The van der Waals surface area contributed by atoms with Gasteiger partial charge >= 0.3 is 6.03 Å². The molecule has 138 valence electrons. The van der Waals surface area contributed by atoms with Crippen LogP contribution in [0.25, 0.3) is 6.08 Å². The lowest BCUT2D eigenvalue weighted by molar-refractivity contribution is -0.122. The van der Waals surface area contributed by atoms with E-state index in [-0.39, 0.29) is 5.57 Å². The van der Waals surface area contributed by atoms with E-state index in [4.69, 9.17) is 4.74 Å². The molecule has 1 aliphatic rings. The summed E-state index contributed by atoms with van der Waals surface area (Å²) in [5.74, 6) is -0.638. The van der Waals surface area contributed by atoms with Crippen molar-refractivity contribution in [2.45, 2.75) is 20.3 Å². The van der Waals surface area contributed by atoms with Gasteiger partial charge in [0.2, 0.25) is 0 Å². The number of nitrogens with zero attached hydrogens (tertiary/aromatic N) is 1. The minimum atomic E-state index is -0.750. The number of barbiturate groups is 1. The molecule has 6 nitrogen and oxygen atoms in total. The Balaban J connectivity index is 1.91. The van der Waals surface area contributed by atoms with Crippen LogP contribution in [0.5, 0.6) is 5.75 Å². The normalized spacial score (nSPS) is 15.9. The Kier molecular flexibility index (Phi) is 5.35. The summed E-state index contributed by atoms with van der Waals surface area (Å²) in [5, 5.41) is 2.23. The van der Waals surface area contributed by atoms with Crippen LogP contribution in [0.15, 0.2) is 54.1 Å². The van der Waals surface area contributed by atoms with Crippen LogP contribution in [0.3, 0.4) is 0 Å². The van der Waals surface area contributed by atoms with Gasteiger partial charge in [0.1, 0.15) is 11.3 Å². The summed E-state index contributed by atoms with van der Waals surface area (Å²) in [6.07, 6.45) is 2.38. The first-order chi connectivity index (χ1) is 13.0. The fourth-order valence-electron chi connectivity index (χ4n) is 2.74. The SMILES string of the molecule is CCCOc1ccc(/C=C2\C(=O)NC(=O)N(c3ccccc3C)C2=O)cc1. The second-order valence-corrected chi connectivity index (χ2v) is 6.16. The standard InChI is InChI=1S/C21H20N2O4/c1-3-12-27-16-10-8-15(9-11-16)13-17-19(24)22-21(26)23(20(17)25)18-7-5-4-6-14(18)2/h4-11,13H,3,12H2,1-2H3,(H,22,24,26)/b17-13+. The molecule has 0 unspecified atom stereocenters. The Morgan fingerprint density at radius 1 is 1.04 bits per heavy atom. The molecule has 2 aromatic carbocycles. The van der Waals surface area contributed by atoms with E-state index in [1.165, 1.54) is 6.08 Å². The number of anilines is 1. The molecule has 1 fully saturated rings. The molecule has 2 aromatic rings. The number of aryl methyl sites for hydroxylation is 1. The number of ether oxygens (including phenoxy) is 1. The van der Waals surface area contributed by atoms with Crippen LogP contribution in [0.4, 0.5) is 10.5 Å². The molecule has 0 spiro atoms. The number of nitrogens with one attached hydrogen (secondary N) is 1. The molecule has 0 atom stereocenters. The third-order valence-electron chi connectivity index (χ3n) is 4.12. The van der Waals surface area contributed by atoms with Crippen molar-refractivity contribution in [3.05, 3.63) is 65.2 Å². The maximum Gasteiger partial charge on any atom is 0.335 e. The van der Waals surface area contributed by atoms with Crippen molar-refractivity contribution in [3.63, 3.8) is 0 Å². The molecular formula is C21H20N2O4. The van der Waals surface area contributed by atoms with Crippen molar-refractivity contribution < 1.29 is 19.1 Å². The van der Waals surface area contributed by atoms with Gasteiger partial charge in [0.05, 0.1) is 12.3 Å². The molecule has 0 radical (unpaired) electrons. The quantitative estimate of drug-likeness (QED) is 0.651. The van der Waals surface area contributed by atoms with Crippen LogP contribution in [0.2, 0.25) is 0 Å². The summed E-state index contributed by atoms with van der Waals surface area (Å²) < 4.78 is 5.52. The minimum Gasteiger partial charge on any atom is -0.494 e. The topological polar surface area (TPSA) is 75.7 Å². The van der Waals surface area contributed by atoms with Crippen LogP contribution in [-0.4, -0.2) is 24.5 Å². The lowest BCUT2D eigenvalue weighted by Gasteiger charge is -2.27. The van der Waals surface area contributed by atoms with E-state index in [0.717, 1.165) is 22.6 Å². The number of amides is 4. The van der Waals surface area contributed by atoms with Gasteiger partial charge in [0, 0.05) is 0 Å². The summed E-state index contributed by atoms with van der Waals surface area (Å²) in [6, 6.07) is 13.3. The molecule has 1 aliphatic heterocycles. The average molecular weight is 364 g/mol. The van der Waals surface area contributed by atoms with Gasteiger partial charge in [-0.15, -0.1) is 0 Å². The maximum absolute atomic E-state index is 12.9. The van der Waals surface area contributed by atoms with Crippen LogP contribution < -0.4 is 15.0 Å². The molecule has 6 heteroatoms. The number of para-hydroxylation sites is 1. The Hall–Kier alpha value is -3.41. The van der Waals surface area contributed by atoms with Gasteiger partial charge in [0.15, 0.2) is 0 Å². The van der Waals surface area contributed by atoms with Crippen molar-refractivity contribution in [2.24, 2.45) is 0 Å². The minimum absolute atomic E-state index is 0.0971. The Morgan fingerprint density at radius 3 is 2.41 bits per heavy atom. The van der Waals surface area contributed by atoms with Crippen LogP contribution in [0, 0.1) is 6.92 Å². The molecule has 3 rings (SSSR count). The summed E-state index contributed by atoms with van der Waals surface area (Å²) in [7, 11) is 0. The summed E-state index contributed by atoms with van der Waals surface area (Å²) in [4.78, 5) is 38.3. The van der Waals surface area contributed by atoms with Crippen LogP contribution >= 0.6 is 0 Å². The molecule has 1 saturated heterocycles. The zero-order valence-electron chi connectivity index (χ0n) is 15.2. The molecule has 27 heavy (non-hydrogen) atoms. The van der Waals surface area contributed by atoms with E-state index in [2.05, 4.69) is 5.32 Å². The van der Waals surface area contributed by atoms with Crippen molar-refractivity contribution >= 4 is 29.6 Å². The average Bonchev–Trinajstić information content (AvgIpc) is 2.66. The number of imide groups is 2. The van der Waals surface area contributed by atoms with Gasteiger partial charge in [-0.05, 0) is 48.7 Å². The van der Waals surface area contributed by atoms with Gasteiger partial charge in [-0.1, -0.05) is 37.3 Å². The monoisotopic (exact) mass is 364 g/mol. The fourth-order valence-corrected chi connectivity index (χ4v) is 2.74. The van der Waals surface area contributed by atoms with Gasteiger partial charge in [-0.25, -0.2) is 9.69 Å². The van der Waals surface area contributed by atoms with E-state index < -0.39 is 17.8 Å². The fraction of sp³-hybridized carbons (Fsp3) is 0.190. The molecular weight excluding hydrogens is 344 g/mol. The smallest absolute Gasteiger partial charge is 0.335 e. The van der Waals surface area contributed by atoms with Gasteiger partial charge in [0.25, 0.3) is 11.8 Å². The van der Waals surface area contributed by atoms with Crippen molar-refractivity contribution in [3.8, 4) is 5.75 Å². The first-order valence-corrected chi connectivity index (χ1v) is 8.71. The third-order valence-corrected chi connectivity index (χ3v) is 4.12. The van der Waals surface area contributed by atoms with Crippen molar-refractivity contribution in [1.29, 1.82) is 0 Å². The molecule has 0 aliphatic carbocycles.